The van der Waals surface area contributed by atoms with Gasteiger partial charge < -0.3 is 19.5 Å². The Bertz CT molecular complexity index is 1220. The minimum Gasteiger partial charge on any atom is -0.493 e. The molecule has 2 aromatic carbocycles. The van der Waals surface area contributed by atoms with Crippen molar-refractivity contribution in [3.8, 4) is 11.5 Å². The highest BCUT2D eigenvalue weighted by Crippen LogP contribution is 2.39. The molecule has 1 aromatic heterocycles. The number of Topliss-reactive ketones (excluding diaryl/α,β-unsaturated/α-hetero) is 1. The number of carbonyl (C=O) groups excluding carboxylic acids is 2. The van der Waals surface area contributed by atoms with Crippen molar-refractivity contribution in [2.45, 2.75) is 6.04 Å². The quantitative estimate of drug-likeness (QED) is 0.403. The lowest BCUT2D eigenvalue weighted by Gasteiger charge is -2.28. The van der Waals surface area contributed by atoms with Crippen molar-refractivity contribution in [1.82, 2.24) is 20.2 Å². The summed E-state index contributed by atoms with van der Waals surface area (Å²) in [5, 5.41) is 14.5. The molecule has 3 aromatic rings. The highest BCUT2D eigenvalue weighted by Gasteiger charge is 2.38. The second kappa shape index (κ2) is 8.79. The van der Waals surface area contributed by atoms with E-state index in [0.717, 1.165) is 4.47 Å². The molecule has 164 valence electrons. The first kappa shape index (κ1) is 21.5. The molecule has 0 saturated carbocycles. The van der Waals surface area contributed by atoms with Crippen LogP contribution in [0.2, 0.25) is 0 Å². The predicted molar refractivity (Wildman–Crippen MR) is 117 cm³/mol. The molecule has 0 unspecified atom stereocenters. The summed E-state index contributed by atoms with van der Waals surface area (Å²) >= 11 is 3.36. The van der Waals surface area contributed by atoms with E-state index < -0.39 is 12.0 Å². The van der Waals surface area contributed by atoms with E-state index in [9.17, 15) is 9.59 Å². The van der Waals surface area contributed by atoms with Crippen LogP contribution in [0.5, 0.6) is 11.5 Å². The average molecular weight is 500 g/mol. The molecule has 0 bridgehead atoms. The van der Waals surface area contributed by atoms with Gasteiger partial charge in [-0.1, -0.05) is 27.1 Å². The molecule has 0 radical (unpaired) electrons. The third-order valence-electron chi connectivity index (χ3n) is 4.98. The van der Waals surface area contributed by atoms with E-state index in [0.29, 0.717) is 22.6 Å². The van der Waals surface area contributed by atoms with Crippen molar-refractivity contribution in [3.05, 3.63) is 69.3 Å². The van der Waals surface area contributed by atoms with Gasteiger partial charge in [0.1, 0.15) is 11.7 Å². The molecule has 11 heteroatoms. The smallest absolute Gasteiger partial charge is 0.355 e. The topological polar surface area (TPSA) is 117 Å². The predicted octanol–water partition coefficient (Wildman–Crippen LogP) is 2.78. The molecule has 1 aliphatic rings. The number of esters is 1. The molecule has 1 aliphatic heterocycles. The summed E-state index contributed by atoms with van der Waals surface area (Å²) in [6.07, 6.45) is 0. The molecule has 0 aliphatic carbocycles. The van der Waals surface area contributed by atoms with Gasteiger partial charge in [-0.3, -0.25) is 4.79 Å². The first-order chi connectivity index (χ1) is 15.5. The van der Waals surface area contributed by atoms with Crippen LogP contribution >= 0.6 is 15.9 Å². The summed E-state index contributed by atoms with van der Waals surface area (Å²) in [6, 6.07) is 11.2. The molecule has 0 saturated heterocycles. The normalized spacial score (nSPS) is 14.9. The number of aromatic nitrogens is 4. The van der Waals surface area contributed by atoms with Crippen LogP contribution in [0.1, 0.15) is 22.0 Å². The molecule has 32 heavy (non-hydrogen) atoms. The standard InChI is InChI=1S/C21H18BrN5O5/c1-30-14-9-6-12(10-15(14)31-2)18-16(19(28)11-4-7-13(22)8-5-11)17(20(29)32-3)23-21-24-25-26-27(18)21/h4-10,18H,1-3H3,(H,23,24,26)/t18-/m0/s1. The number of allylic oxidation sites excluding steroid dienone is 1. The van der Waals surface area contributed by atoms with Gasteiger partial charge in [0, 0.05) is 10.0 Å². The average Bonchev–Trinajstić information content (AvgIpc) is 3.30. The number of ketones is 1. The van der Waals surface area contributed by atoms with Crippen molar-refractivity contribution in [2.75, 3.05) is 26.6 Å². The van der Waals surface area contributed by atoms with E-state index in [1.165, 1.54) is 26.0 Å². The van der Waals surface area contributed by atoms with E-state index in [1.807, 2.05) is 0 Å². The Balaban J connectivity index is 1.95. The Labute approximate surface area is 191 Å². The Kier molecular flexibility index (Phi) is 5.91. The first-order valence-electron chi connectivity index (χ1n) is 9.38. The summed E-state index contributed by atoms with van der Waals surface area (Å²) in [7, 11) is 4.27. The summed E-state index contributed by atoms with van der Waals surface area (Å²) < 4.78 is 17.9. The molecule has 10 nitrogen and oxygen atoms in total. The van der Waals surface area contributed by atoms with E-state index >= 15 is 0 Å². The molecule has 1 N–H and O–H groups in total. The number of fused-ring (bicyclic) bond motifs is 1. The minimum atomic E-state index is -0.827. The maximum atomic E-state index is 13.7. The molecule has 0 amide bonds. The van der Waals surface area contributed by atoms with Crippen molar-refractivity contribution >= 4 is 33.6 Å². The van der Waals surface area contributed by atoms with E-state index in [2.05, 4.69) is 36.8 Å². The lowest BCUT2D eigenvalue weighted by Crippen LogP contribution is -2.33. The number of rotatable bonds is 6. The highest BCUT2D eigenvalue weighted by atomic mass is 79.9. The summed E-state index contributed by atoms with van der Waals surface area (Å²) in [6.45, 7) is 0. The van der Waals surface area contributed by atoms with Crippen molar-refractivity contribution in [1.29, 1.82) is 0 Å². The zero-order chi connectivity index (χ0) is 22.8. The largest absolute Gasteiger partial charge is 0.493 e. The van der Waals surface area contributed by atoms with Crippen LogP contribution in [0.3, 0.4) is 0 Å². The second-order valence-corrected chi connectivity index (χ2v) is 7.62. The van der Waals surface area contributed by atoms with Crippen molar-refractivity contribution in [2.24, 2.45) is 0 Å². The second-order valence-electron chi connectivity index (χ2n) is 6.71. The fourth-order valence-corrected chi connectivity index (χ4v) is 3.74. The van der Waals surface area contributed by atoms with Gasteiger partial charge in [0.05, 0.1) is 26.9 Å². The SMILES string of the molecule is COC(=O)C1=C(C(=O)c2ccc(Br)cc2)[C@H](c2ccc(OC)c(OC)c2)n2nnnc2N1. The van der Waals surface area contributed by atoms with Crippen LogP contribution < -0.4 is 14.8 Å². The van der Waals surface area contributed by atoms with Gasteiger partial charge in [-0.2, -0.15) is 4.68 Å². The number of halogens is 1. The van der Waals surface area contributed by atoms with Gasteiger partial charge >= 0.3 is 5.97 Å². The number of methoxy groups -OCH3 is 3. The lowest BCUT2D eigenvalue weighted by atomic mass is 9.89. The number of tetrazole rings is 1. The van der Waals surface area contributed by atoms with Gasteiger partial charge in [0.15, 0.2) is 17.3 Å². The summed E-state index contributed by atoms with van der Waals surface area (Å²) in [4.78, 5) is 26.4. The number of hydrogen-bond donors (Lipinski definition) is 1. The third kappa shape index (κ3) is 3.71. The van der Waals surface area contributed by atoms with E-state index in [-0.39, 0.29) is 23.0 Å². The molecule has 1 atom stereocenters. The lowest BCUT2D eigenvalue weighted by molar-refractivity contribution is -0.136. The van der Waals surface area contributed by atoms with Crippen LogP contribution in [0, 0.1) is 0 Å². The maximum Gasteiger partial charge on any atom is 0.355 e. The van der Waals surface area contributed by atoms with Crippen LogP contribution in [0.4, 0.5) is 5.95 Å². The Morgan fingerprint density at radius 2 is 1.75 bits per heavy atom. The van der Waals surface area contributed by atoms with Crippen LogP contribution in [0.15, 0.2) is 58.2 Å². The Morgan fingerprint density at radius 3 is 2.41 bits per heavy atom. The Morgan fingerprint density at radius 1 is 1.03 bits per heavy atom. The summed E-state index contributed by atoms with van der Waals surface area (Å²) in [5.74, 6) is 0.0577. The minimum absolute atomic E-state index is 0.0393. The van der Waals surface area contributed by atoms with Gasteiger partial charge in [-0.15, -0.1) is 0 Å². The van der Waals surface area contributed by atoms with Gasteiger partial charge in [0.25, 0.3) is 0 Å². The van der Waals surface area contributed by atoms with Crippen LogP contribution in [0.25, 0.3) is 0 Å². The number of benzene rings is 2. The molecule has 4 rings (SSSR count). The number of nitrogens with one attached hydrogen (secondary N) is 1. The number of anilines is 1. The van der Waals surface area contributed by atoms with Gasteiger partial charge in [-0.25, -0.2) is 4.79 Å². The molecular formula is C21H18BrN5O5. The van der Waals surface area contributed by atoms with Gasteiger partial charge in [0.2, 0.25) is 5.95 Å². The monoisotopic (exact) mass is 499 g/mol. The van der Waals surface area contributed by atoms with Gasteiger partial charge in [-0.05, 0) is 52.4 Å². The van der Waals surface area contributed by atoms with E-state index in [4.69, 9.17) is 14.2 Å². The maximum absolute atomic E-state index is 13.7. The zero-order valence-electron chi connectivity index (χ0n) is 17.3. The molecular weight excluding hydrogens is 482 g/mol. The van der Waals surface area contributed by atoms with Crippen molar-refractivity contribution in [3.63, 3.8) is 0 Å². The van der Waals surface area contributed by atoms with E-state index in [1.54, 1.807) is 42.5 Å². The third-order valence-corrected chi connectivity index (χ3v) is 5.51. The first-order valence-corrected chi connectivity index (χ1v) is 10.2. The highest BCUT2D eigenvalue weighted by molar-refractivity contribution is 9.10. The zero-order valence-corrected chi connectivity index (χ0v) is 18.9. The van der Waals surface area contributed by atoms with Crippen LogP contribution in [-0.4, -0.2) is 53.3 Å². The fraction of sp³-hybridized carbons (Fsp3) is 0.190. The molecule has 0 spiro atoms. The number of hydrogen-bond acceptors (Lipinski definition) is 9. The molecule has 0 fully saturated rings. The number of ether oxygens (including phenoxy) is 3. The summed E-state index contributed by atoms with van der Waals surface area (Å²) in [5.41, 5.74) is 1.08. The fourth-order valence-electron chi connectivity index (χ4n) is 3.48. The van der Waals surface area contributed by atoms with Crippen LogP contribution in [-0.2, 0) is 9.53 Å². The Hall–Kier alpha value is -3.73. The van der Waals surface area contributed by atoms with Crippen molar-refractivity contribution < 1.29 is 23.8 Å². The number of carbonyl (C=O) groups is 2. The molecule has 2 heterocycles. The number of nitrogens with zero attached hydrogens (tertiary/aromatic N) is 4.